The van der Waals surface area contributed by atoms with Crippen LogP contribution in [0.4, 0.5) is 5.69 Å². The van der Waals surface area contributed by atoms with Gasteiger partial charge in [0.1, 0.15) is 5.75 Å². The highest BCUT2D eigenvalue weighted by Crippen LogP contribution is 2.33. The van der Waals surface area contributed by atoms with E-state index in [1.54, 1.807) is 31.5 Å². The van der Waals surface area contributed by atoms with Crippen molar-refractivity contribution in [2.45, 2.75) is 144 Å². The summed E-state index contributed by atoms with van der Waals surface area (Å²) in [6.07, 6.45) is 19.8. The van der Waals surface area contributed by atoms with E-state index in [0.29, 0.717) is 60.8 Å². The van der Waals surface area contributed by atoms with Crippen molar-refractivity contribution < 1.29 is 23.9 Å². The molecule has 420 valence electrons. The Hall–Kier alpha value is -6.51. The maximum Gasteiger partial charge on any atom is 0.250 e. The Morgan fingerprint density at radius 1 is 0.883 bits per heavy atom. The summed E-state index contributed by atoms with van der Waals surface area (Å²) in [5.41, 5.74) is 10.8. The molecule has 3 atom stereocenters. The van der Waals surface area contributed by atoms with E-state index in [4.69, 9.17) is 4.74 Å². The number of rotatable bonds is 27. The first kappa shape index (κ1) is 64.8. The number of carbonyl (C=O) groups is 4. The fourth-order valence-electron chi connectivity index (χ4n) is 8.77. The number of benzene rings is 3. The van der Waals surface area contributed by atoms with Gasteiger partial charge in [0.2, 0.25) is 17.7 Å². The number of amides is 3. The number of ether oxygens (including phenoxy) is 1. The summed E-state index contributed by atoms with van der Waals surface area (Å²) in [5.74, 6) is 2.43. The molecule has 2 saturated heterocycles. The topological polar surface area (TPSA) is 147 Å². The molecule has 0 bridgehead atoms. The molecule has 13 nitrogen and oxygen atoms in total. The van der Waals surface area contributed by atoms with Crippen LogP contribution in [-0.4, -0.2) is 90.9 Å². The van der Waals surface area contributed by atoms with E-state index >= 15 is 0 Å². The molecule has 2 aliphatic heterocycles. The average molecular weight is 1070 g/mol. The minimum Gasteiger partial charge on any atom is -0.495 e. The largest absolute Gasteiger partial charge is 0.495 e. The highest BCUT2D eigenvalue weighted by atomic mass is 32.2. The molecule has 77 heavy (non-hydrogen) atoms. The molecule has 2 fully saturated rings. The summed E-state index contributed by atoms with van der Waals surface area (Å²) < 4.78 is 5.72. The van der Waals surface area contributed by atoms with Crippen molar-refractivity contribution in [3.8, 4) is 5.75 Å². The SMILES string of the molecule is C=CN(C=C(C)C)c1ccc(/C=C2\CCCN(C(C)c3ccc(C(=O)c4ccc(/C=C/C(=O)NCCCCCCN(/C=C(\C)CNC(=O)CCCCC5NC(=C)NC(C)CS5)NC)cc4)cc3)C2=O)cc1OC.CC.CC. The van der Waals surface area contributed by atoms with E-state index in [0.717, 1.165) is 109 Å². The van der Waals surface area contributed by atoms with Crippen molar-refractivity contribution in [3.05, 3.63) is 155 Å². The quantitative estimate of drug-likeness (QED) is 0.0215. The number of piperidine rings is 1. The molecule has 5 N–H and O–H groups in total. The fourth-order valence-corrected chi connectivity index (χ4v) is 9.93. The lowest BCUT2D eigenvalue weighted by Crippen LogP contribution is -2.38. The molecule has 0 spiro atoms. The molecule has 3 unspecified atom stereocenters. The monoisotopic (exact) mass is 1070 g/mol. The maximum atomic E-state index is 13.8. The number of thioether (sulfide) groups is 1. The Kier molecular flexibility index (Phi) is 30.1. The number of methoxy groups -OCH3 is 1. The van der Waals surface area contributed by atoms with E-state index in [-0.39, 0.29) is 29.5 Å². The molecule has 14 heteroatoms. The Morgan fingerprint density at radius 3 is 2.22 bits per heavy atom. The molecule has 5 rings (SSSR count). The van der Waals surface area contributed by atoms with E-state index < -0.39 is 0 Å². The van der Waals surface area contributed by atoms with Gasteiger partial charge in [0.25, 0.3) is 0 Å². The van der Waals surface area contributed by atoms with Crippen LogP contribution in [-0.2, 0) is 14.4 Å². The lowest BCUT2D eigenvalue weighted by molar-refractivity contribution is -0.130. The fraction of sp³-hybridized carbons (Fsp3) is 0.460. The number of allylic oxidation sites excluding steroid dienone is 1. The van der Waals surface area contributed by atoms with Crippen LogP contribution in [0.2, 0.25) is 0 Å². The van der Waals surface area contributed by atoms with E-state index in [2.05, 4.69) is 58.0 Å². The number of unbranched alkanes of at least 4 members (excludes halogenated alkanes) is 4. The van der Waals surface area contributed by atoms with Gasteiger partial charge < -0.3 is 40.8 Å². The van der Waals surface area contributed by atoms with Crippen molar-refractivity contribution in [3.63, 3.8) is 0 Å². The lowest BCUT2D eigenvalue weighted by Gasteiger charge is -2.34. The third kappa shape index (κ3) is 22.5. The Labute approximate surface area is 467 Å². The summed E-state index contributed by atoms with van der Waals surface area (Å²) in [7, 11) is 3.54. The van der Waals surface area contributed by atoms with Gasteiger partial charge in [-0.3, -0.25) is 19.2 Å². The second-order valence-corrected chi connectivity index (χ2v) is 20.4. The number of likely N-dealkylation sites (tertiary alicyclic amines) is 1. The minimum absolute atomic E-state index is 0.00523. The second-order valence-electron chi connectivity index (χ2n) is 19.2. The first-order valence-electron chi connectivity index (χ1n) is 27.9. The molecule has 2 aliphatic rings. The van der Waals surface area contributed by atoms with Crippen molar-refractivity contribution in [1.29, 1.82) is 0 Å². The maximum absolute atomic E-state index is 13.8. The van der Waals surface area contributed by atoms with Crippen LogP contribution in [0.15, 0.2) is 127 Å². The predicted octanol–water partition coefficient (Wildman–Crippen LogP) is 12.4. The van der Waals surface area contributed by atoms with Crippen molar-refractivity contribution >= 4 is 53.1 Å². The van der Waals surface area contributed by atoms with Gasteiger partial charge >= 0.3 is 0 Å². The summed E-state index contributed by atoms with van der Waals surface area (Å²) in [4.78, 5) is 56.2. The van der Waals surface area contributed by atoms with E-state index in [9.17, 15) is 19.2 Å². The number of hydrazine groups is 1. The molecule has 3 aromatic rings. The number of nitrogens with one attached hydrogen (secondary N) is 5. The van der Waals surface area contributed by atoms with E-state index in [1.165, 1.54) is 6.08 Å². The van der Waals surface area contributed by atoms with Crippen LogP contribution in [0.5, 0.6) is 5.75 Å². The number of hydrogen-bond donors (Lipinski definition) is 5. The number of nitrogens with zero attached hydrogens (tertiary/aromatic N) is 3. The number of ketones is 1. The molecular formula is C63H92N8O5S. The van der Waals surface area contributed by atoms with Crippen LogP contribution in [0, 0.1) is 0 Å². The second kappa shape index (κ2) is 35.7. The lowest BCUT2D eigenvalue weighted by atomic mass is 9.96. The van der Waals surface area contributed by atoms with E-state index in [1.807, 2.05) is 151 Å². The Morgan fingerprint density at radius 2 is 1.56 bits per heavy atom. The van der Waals surface area contributed by atoms with Gasteiger partial charge in [-0.2, -0.15) is 0 Å². The van der Waals surface area contributed by atoms with Crippen molar-refractivity contribution in [2.75, 3.05) is 51.0 Å². The zero-order chi connectivity index (χ0) is 56.7. The summed E-state index contributed by atoms with van der Waals surface area (Å²) >= 11 is 1.91. The van der Waals surface area contributed by atoms with Crippen LogP contribution >= 0.6 is 11.8 Å². The highest BCUT2D eigenvalue weighted by Gasteiger charge is 2.28. The van der Waals surface area contributed by atoms with Crippen LogP contribution < -0.4 is 36.3 Å². The Bertz CT molecular complexity index is 2460. The smallest absolute Gasteiger partial charge is 0.250 e. The third-order valence-corrected chi connectivity index (χ3v) is 14.2. The zero-order valence-corrected chi connectivity index (χ0v) is 49.2. The Balaban J connectivity index is 0.00000381. The van der Waals surface area contributed by atoms with Crippen molar-refractivity contribution in [2.24, 2.45) is 0 Å². The van der Waals surface area contributed by atoms with Gasteiger partial charge in [0, 0.05) is 92.8 Å². The first-order chi connectivity index (χ1) is 37.2. The summed E-state index contributed by atoms with van der Waals surface area (Å²) in [5, 5.41) is 15.2. The van der Waals surface area contributed by atoms with Crippen molar-refractivity contribution in [1.82, 2.24) is 36.6 Å². The summed E-state index contributed by atoms with van der Waals surface area (Å²) in [6, 6.07) is 20.9. The molecule has 2 heterocycles. The first-order valence-corrected chi connectivity index (χ1v) is 28.9. The summed E-state index contributed by atoms with van der Waals surface area (Å²) in [6.45, 7) is 28.8. The molecule has 3 amide bonds. The molecular weight excluding hydrogens is 981 g/mol. The minimum atomic E-state index is -0.179. The molecule has 0 radical (unpaired) electrons. The van der Waals surface area contributed by atoms with Crippen LogP contribution in [0.25, 0.3) is 12.2 Å². The number of carbonyl (C=O) groups excluding carboxylic acids is 4. The van der Waals surface area contributed by atoms with Gasteiger partial charge in [-0.15, -0.1) is 11.8 Å². The molecule has 3 aromatic carbocycles. The standard InChI is InChI=1S/C59H80N8O5S.2C2H6/c1-10-65(39-42(2)3)53-31-23-48(37-54(53)72-9)36-52-18-17-35-67(59(52)71)45(6)49-27-29-51(30-28-49)58(70)50-25-21-47(22-26-50)24-32-56(69)61-33-15-11-12-16-34-66(60-8)40-43(4)38-62-55(68)19-13-14-20-57-64-46(7)63-44(5)41-73-57;2*1-2/h10,21-32,36-37,39-40,44-45,57,60,63-64H,1,7,11-20,33-35,38,41H2,2-6,8-9H3,(H,61,69)(H,62,68);2*1-2H3/b32-24+,43-40+,52-36+;;. The zero-order valence-electron chi connectivity index (χ0n) is 48.4. The van der Waals surface area contributed by atoms with Gasteiger partial charge in [-0.25, -0.2) is 5.43 Å². The normalized spacial score (nSPS) is 16.3. The predicted molar refractivity (Wildman–Crippen MR) is 324 cm³/mol. The van der Waals surface area contributed by atoms with Gasteiger partial charge in [0.15, 0.2) is 5.78 Å². The molecule has 0 aromatic heterocycles. The third-order valence-electron chi connectivity index (χ3n) is 12.8. The number of anilines is 1. The van der Waals surface area contributed by atoms with Gasteiger partial charge in [-0.1, -0.05) is 120 Å². The van der Waals surface area contributed by atoms with Crippen LogP contribution in [0.1, 0.15) is 165 Å². The van der Waals surface area contributed by atoms with Gasteiger partial charge in [0.05, 0.1) is 30.0 Å². The van der Waals surface area contributed by atoms with Crippen LogP contribution in [0.3, 0.4) is 0 Å². The molecule has 0 aliphatic carbocycles. The van der Waals surface area contributed by atoms with Gasteiger partial charge in [-0.05, 0) is 120 Å². The molecule has 0 saturated carbocycles. The average Bonchev–Trinajstić information content (AvgIpc) is 3.61. The number of hydrogen-bond acceptors (Lipinski definition) is 11. The highest BCUT2D eigenvalue weighted by molar-refractivity contribution is 7.99.